The van der Waals surface area contributed by atoms with Gasteiger partial charge in [0.05, 0.1) is 0 Å². The molecule has 0 spiro atoms. The highest BCUT2D eigenvalue weighted by Crippen LogP contribution is 2.44. The van der Waals surface area contributed by atoms with Crippen molar-refractivity contribution in [2.45, 2.75) is 71.6 Å². The molecule has 0 bridgehead atoms. The van der Waals surface area contributed by atoms with E-state index in [0.717, 1.165) is 23.5 Å². The molecule has 1 N–H and O–H groups in total. The summed E-state index contributed by atoms with van der Waals surface area (Å²) < 4.78 is 0. The number of hydrogen-bond donors (Lipinski definition) is 1. The first-order chi connectivity index (χ1) is 18.4. The quantitative estimate of drug-likeness (QED) is 0.185. The van der Waals surface area contributed by atoms with Crippen LogP contribution in [0.3, 0.4) is 0 Å². The van der Waals surface area contributed by atoms with E-state index in [-0.39, 0.29) is 10.8 Å². The van der Waals surface area contributed by atoms with Gasteiger partial charge in [0.15, 0.2) is 0 Å². The fraction of sp³-hybridized carbons (Fsp3) is 0.297. The van der Waals surface area contributed by atoms with E-state index in [4.69, 9.17) is 0 Å². The molecule has 0 aliphatic heterocycles. The van der Waals surface area contributed by atoms with Crippen molar-refractivity contribution in [3.05, 3.63) is 130 Å². The van der Waals surface area contributed by atoms with Crippen molar-refractivity contribution >= 4 is 25.4 Å². The predicted molar refractivity (Wildman–Crippen MR) is 172 cm³/mol. The van der Waals surface area contributed by atoms with Gasteiger partial charge in [0.2, 0.25) is 0 Å². The third-order valence-electron chi connectivity index (χ3n) is 7.22. The summed E-state index contributed by atoms with van der Waals surface area (Å²) in [7, 11) is -0.497. The predicted octanol–water partition coefficient (Wildman–Crippen LogP) is 9.97. The Morgan fingerprint density at radius 1 is 0.641 bits per heavy atom. The Hall–Kier alpha value is -3.15. The first-order valence-corrected chi connectivity index (χ1v) is 15.6. The number of benzene rings is 4. The summed E-state index contributed by atoms with van der Waals surface area (Å²) in [6.07, 6.45) is 6.41. The minimum Gasteiger partial charge on any atom is -0.507 e. The van der Waals surface area contributed by atoms with Crippen molar-refractivity contribution < 1.29 is 5.11 Å². The molecule has 0 saturated heterocycles. The van der Waals surface area contributed by atoms with Crippen LogP contribution in [-0.4, -0.2) is 5.11 Å². The van der Waals surface area contributed by atoms with E-state index < -0.39 is 7.92 Å². The molecule has 39 heavy (non-hydrogen) atoms. The molecule has 4 rings (SSSR count). The van der Waals surface area contributed by atoms with Gasteiger partial charge in [0, 0.05) is 11.1 Å². The van der Waals surface area contributed by atoms with Gasteiger partial charge in [0.25, 0.3) is 0 Å². The Bertz CT molecular complexity index is 1380. The van der Waals surface area contributed by atoms with Crippen LogP contribution in [0.5, 0.6) is 5.75 Å². The number of hydrogen-bond acceptors (Lipinski definition) is 1. The Labute approximate surface area is 237 Å². The van der Waals surface area contributed by atoms with E-state index in [1.54, 1.807) is 0 Å². The Kier molecular flexibility index (Phi) is 8.83. The van der Waals surface area contributed by atoms with Gasteiger partial charge in [-0.25, -0.2) is 0 Å². The van der Waals surface area contributed by atoms with Gasteiger partial charge >= 0.3 is 0 Å². The molecule has 0 atom stereocenters. The average molecular weight is 535 g/mol. The SMILES string of the molecule is Cc1ccc(/C=C/c2cc(C(C)(C)C)cc(C(C)(C)C)c2O)c(P(Cc2ccccc2)Cc2ccccc2)c1. The van der Waals surface area contributed by atoms with E-state index in [2.05, 4.69) is 152 Å². The second-order valence-electron chi connectivity index (χ2n) is 12.7. The van der Waals surface area contributed by atoms with Crippen molar-refractivity contribution in [1.82, 2.24) is 0 Å². The maximum atomic E-state index is 11.4. The van der Waals surface area contributed by atoms with Gasteiger partial charge in [-0.05, 0) is 63.7 Å². The van der Waals surface area contributed by atoms with Crippen LogP contribution >= 0.6 is 7.92 Å². The van der Waals surface area contributed by atoms with Crippen molar-refractivity contribution in [1.29, 1.82) is 0 Å². The minimum absolute atomic E-state index is 0.00893. The van der Waals surface area contributed by atoms with Crippen LogP contribution in [0.15, 0.2) is 91.0 Å². The van der Waals surface area contributed by atoms with Gasteiger partial charge in [0.1, 0.15) is 5.75 Å². The molecule has 0 unspecified atom stereocenters. The molecule has 0 aliphatic carbocycles. The lowest BCUT2D eigenvalue weighted by molar-refractivity contribution is 0.443. The molecule has 2 heteroatoms. The molecule has 1 nitrogen and oxygen atoms in total. The molecule has 202 valence electrons. The van der Waals surface area contributed by atoms with Gasteiger partial charge < -0.3 is 5.11 Å². The summed E-state index contributed by atoms with van der Waals surface area (Å²) in [6, 6.07) is 32.9. The largest absolute Gasteiger partial charge is 0.507 e. The zero-order valence-electron chi connectivity index (χ0n) is 24.6. The highest BCUT2D eigenvalue weighted by molar-refractivity contribution is 7.64. The lowest BCUT2D eigenvalue weighted by Gasteiger charge is -2.27. The molecular formula is C37H43OP. The zero-order valence-corrected chi connectivity index (χ0v) is 25.5. The van der Waals surface area contributed by atoms with E-state index in [1.165, 1.54) is 33.1 Å². The first kappa shape index (κ1) is 28.8. The second kappa shape index (κ2) is 11.9. The van der Waals surface area contributed by atoms with Crippen molar-refractivity contribution in [2.24, 2.45) is 0 Å². The van der Waals surface area contributed by atoms with Crippen LogP contribution in [0, 0.1) is 6.92 Å². The minimum atomic E-state index is -0.497. The van der Waals surface area contributed by atoms with Crippen molar-refractivity contribution in [3.8, 4) is 5.75 Å². The van der Waals surface area contributed by atoms with Crippen LogP contribution < -0.4 is 5.30 Å². The molecule has 0 saturated carbocycles. The lowest BCUT2D eigenvalue weighted by Crippen LogP contribution is -2.17. The van der Waals surface area contributed by atoms with Gasteiger partial charge in [-0.2, -0.15) is 0 Å². The van der Waals surface area contributed by atoms with E-state index >= 15 is 0 Å². The second-order valence-corrected chi connectivity index (χ2v) is 14.9. The maximum Gasteiger partial charge on any atom is 0.126 e. The molecule has 4 aromatic carbocycles. The summed E-state index contributed by atoms with van der Waals surface area (Å²) in [5.74, 6) is 0.385. The van der Waals surface area contributed by atoms with Crippen LogP contribution in [0.1, 0.15) is 80.5 Å². The first-order valence-electron chi connectivity index (χ1n) is 13.9. The number of phenols is 1. The summed E-state index contributed by atoms with van der Waals surface area (Å²) in [6.45, 7) is 15.4. The molecule has 0 fully saturated rings. The molecular weight excluding hydrogens is 491 g/mol. The van der Waals surface area contributed by atoms with Gasteiger partial charge in [-0.15, -0.1) is 0 Å². The number of aryl methyl sites for hydroxylation is 1. The normalized spacial score (nSPS) is 12.4. The Morgan fingerprint density at radius 2 is 1.18 bits per heavy atom. The summed E-state index contributed by atoms with van der Waals surface area (Å²) >= 11 is 0. The monoisotopic (exact) mass is 534 g/mol. The topological polar surface area (TPSA) is 20.2 Å². The fourth-order valence-corrected chi connectivity index (χ4v) is 7.53. The molecule has 0 radical (unpaired) electrons. The highest BCUT2D eigenvalue weighted by atomic mass is 31.1. The van der Waals surface area contributed by atoms with Gasteiger partial charge in [-0.3, -0.25) is 0 Å². The third-order valence-corrected chi connectivity index (χ3v) is 9.78. The maximum absolute atomic E-state index is 11.4. The van der Waals surface area contributed by atoms with Crippen LogP contribution in [0.4, 0.5) is 0 Å². The highest BCUT2D eigenvalue weighted by Gasteiger charge is 2.24. The smallest absolute Gasteiger partial charge is 0.126 e. The average Bonchev–Trinajstić information content (AvgIpc) is 2.88. The Morgan fingerprint density at radius 3 is 1.69 bits per heavy atom. The molecule has 4 aromatic rings. The number of phenolic OH excluding ortho intramolecular Hbond substituents is 1. The molecule has 0 heterocycles. The van der Waals surface area contributed by atoms with Crippen molar-refractivity contribution in [3.63, 3.8) is 0 Å². The Balaban J connectivity index is 1.80. The summed E-state index contributed by atoms with van der Waals surface area (Å²) in [4.78, 5) is 0. The van der Waals surface area contributed by atoms with E-state index in [1.807, 2.05) is 0 Å². The van der Waals surface area contributed by atoms with E-state index in [9.17, 15) is 5.11 Å². The standard InChI is InChI=1S/C37H43OP/c1-27-18-19-30(20-21-31-23-32(36(2,3)4)24-33(35(31)38)37(5,6)7)34(22-27)39(25-28-14-10-8-11-15-28)26-29-16-12-9-13-17-29/h8-24,38H,25-26H2,1-7H3/b21-20+. The molecule has 0 amide bonds. The van der Waals surface area contributed by atoms with Gasteiger partial charge in [-0.1, -0.05) is 152 Å². The van der Waals surface area contributed by atoms with Crippen LogP contribution in [0.2, 0.25) is 0 Å². The number of aromatic hydroxyl groups is 1. The van der Waals surface area contributed by atoms with Crippen LogP contribution in [-0.2, 0) is 23.2 Å². The van der Waals surface area contributed by atoms with Crippen molar-refractivity contribution in [2.75, 3.05) is 0 Å². The van der Waals surface area contributed by atoms with Crippen LogP contribution in [0.25, 0.3) is 12.2 Å². The summed E-state index contributed by atoms with van der Waals surface area (Å²) in [5, 5.41) is 12.8. The van der Waals surface area contributed by atoms with E-state index in [0.29, 0.717) is 5.75 Å². The molecule has 0 aromatic heterocycles. The third kappa shape index (κ3) is 7.49. The molecule has 0 aliphatic rings. The summed E-state index contributed by atoms with van der Waals surface area (Å²) in [5.41, 5.74) is 8.23. The fourth-order valence-electron chi connectivity index (χ4n) is 4.87. The lowest BCUT2D eigenvalue weighted by atomic mass is 9.79. The zero-order chi connectivity index (χ0) is 28.2. The number of rotatable bonds is 7.